The molecular weight excluding hydrogens is 509 g/mol. The van der Waals surface area contributed by atoms with Crippen LogP contribution in [0.4, 0.5) is 15.8 Å². The number of rotatable bonds is 11. The Morgan fingerprint density at radius 3 is 2.62 bits per heavy atom. The molecule has 3 aromatic rings. The van der Waals surface area contributed by atoms with E-state index in [4.69, 9.17) is 11.6 Å². The first-order chi connectivity index (χ1) is 18.0. The maximum atomic E-state index is 14.4. The van der Waals surface area contributed by atoms with Gasteiger partial charge in [0.2, 0.25) is 5.91 Å². The fourth-order valence-corrected chi connectivity index (χ4v) is 5.43. The van der Waals surface area contributed by atoms with Crippen LogP contribution in [0.5, 0.6) is 0 Å². The van der Waals surface area contributed by atoms with E-state index < -0.39 is 5.82 Å². The lowest BCUT2D eigenvalue weighted by Crippen LogP contribution is -2.35. The molecule has 194 valence electrons. The minimum atomic E-state index is -0.461. The quantitative estimate of drug-likeness (QED) is 0.281. The Morgan fingerprint density at radius 1 is 1.08 bits per heavy atom. The molecule has 0 aromatic heterocycles. The number of carbonyl (C=O) groups excluding carboxylic acids is 2. The Kier molecular flexibility index (Phi) is 9.47. The van der Waals surface area contributed by atoms with E-state index in [1.807, 2.05) is 24.3 Å². The molecule has 1 aliphatic rings. The number of halogens is 2. The minimum Gasteiger partial charge on any atom is -0.371 e. The summed E-state index contributed by atoms with van der Waals surface area (Å²) in [6.07, 6.45) is 3.04. The van der Waals surface area contributed by atoms with Crippen molar-refractivity contribution in [2.45, 2.75) is 37.6 Å². The number of carbonyl (C=O) groups is 2. The molecule has 0 saturated carbocycles. The van der Waals surface area contributed by atoms with Crippen molar-refractivity contribution in [1.82, 2.24) is 5.32 Å². The molecule has 0 fully saturated rings. The third-order valence-corrected chi connectivity index (χ3v) is 7.74. The van der Waals surface area contributed by atoms with Crippen molar-refractivity contribution >= 4 is 46.6 Å². The Bertz CT molecular complexity index is 1220. The third-order valence-electron chi connectivity index (χ3n) is 6.34. The average molecular weight is 540 g/mol. The van der Waals surface area contributed by atoms with Gasteiger partial charge in [-0.1, -0.05) is 49.2 Å². The lowest BCUT2D eigenvalue weighted by molar-refractivity contribution is -0.116. The highest BCUT2D eigenvalue weighted by Gasteiger charge is 2.27. The monoisotopic (exact) mass is 539 g/mol. The number of unbranched alkanes of at least 4 members (excludes halogenated alkanes) is 1. The zero-order valence-corrected chi connectivity index (χ0v) is 22.5. The molecule has 0 spiro atoms. The number of nitrogens with one attached hydrogen (secondary N) is 1. The van der Waals surface area contributed by atoms with Crippen LogP contribution in [0.3, 0.4) is 0 Å². The van der Waals surface area contributed by atoms with Crippen molar-refractivity contribution in [2.75, 3.05) is 35.2 Å². The summed E-state index contributed by atoms with van der Waals surface area (Å²) in [4.78, 5) is 30.5. The summed E-state index contributed by atoms with van der Waals surface area (Å²) in [7, 11) is 0. The zero-order chi connectivity index (χ0) is 26.2. The normalized spacial score (nSPS) is 12.8. The van der Waals surface area contributed by atoms with Crippen molar-refractivity contribution in [3.8, 4) is 0 Å². The SMILES string of the molecule is CCCCN(CCCNC(=O)c1ccc2c(c1)N(Cc1c(F)cccc1Cl)C(=O)CS2)c1ccccc1. The number of fused-ring (bicyclic) bond motifs is 1. The number of nitrogens with zero attached hydrogens (tertiary/aromatic N) is 2. The van der Waals surface area contributed by atoms with Crippen LogP contribution in [-0.2, 0) is 11.3 Å². The van der Waals surface area contributed by atoms with Gasteiger partial charge in [-0.05, 0) is 55.3 Å². The number of amides is 2. The molecule has 1 aliphatic heterocycles. The van der Waals surface area contributed by atoms with Gasteiger partial charge in [0.1, 0.15) is 5.82 Å². The molecule has 0 atom stereocenters. The van der Waals surface area contributed by atoms with E-state index >= 15 is 0 Å². The van der Waals surface area contributed by atoms with Gasteiger partial charge in [0, 0.05) is 46.4 Å². The fourth-order valence-electron chi connectivity index (χ4n) is 4.29. The van der Waals surface area contributed by atoms with E-state index in [2.05, 4.69) is 29.3 Å². The Labute approximate surface area is 227 Å². The fraction of sp³-hybridized carbons (Fsp3) is 0.310. The maximum absolute atomic E-state index is 14.4. The second-order valence-corrected chi connectivity index (χ2v) is 10.4. The van der Waals surface area contributed by atoms with Crippen molar-refractivity contribution in [3.05, 3.63) is 88.7 Å². The minimum absolute atomic E-state index is 0.00997. The molecule has 0 bridgehead atoms. The molecule has 1 N–H and O–H groups in total. The highest BCUT2D eigenvalue weighted by atomic mass is 35.5. The van der Waals surface area contributed by atoms with E-state index in [0.717, 1.165) is 37.2 Å². The Balaban J connectivity index is 1.41. The topological polar surface area (TPSA) is 52.7 Å². The van der Waals surface area contributed by atoms with Crippen LogP contribution in [-0.4, -0.2) is 37.2 Å². The number of hydrogen-bond acceptors (Lipinski definition) is 4. The van der Waals surface area contributed by atoms with Gasteiger partial charge in [0.25, 0.3) is 5.91 Å². The molecule has 0 radical (unpaired) electrons. The second kappa shape index (κ2) is 13.0. The molecule has 0 unspecified atom stereocenters. The highest BCUT2D eigenvalue weighted by molar-refractivity contribution is 8.00. The van der Waals surface area contributed by atoms with Gasteiger partial charge < -0.3 is 15.1 Å². The molecule has 37 heavy (non-hydrogen) atoms. The molecule has 1 heterocycles. The van der Waals surface area contributed by atoms with Gasteiger partial charge in [-0.25, -0.2) is 4.39 Å². The van der Waals surface area contributed by atoms with E-state index in [-0.39, 0.29) is 34.7 Å². The van der Waals surface area contributed by atoms with Crippen LogP contribution < -0.4 is 15.1 Å². The molecule has 5 nitrogen and oxygen atoms in total. The predicted molar refractivity (Wildman–Crippen MR) is 150 cm³/mol. The molecule has 3 aromatic carbocycles. The maximum Gasteiger partial charge on any atom is 0.251 e. The summed E-state index contributed by atoms with van der Waals surface area (Å²) < 4.78 is 14.4. The summed E-state index contributed by atoms with van der Waals surface area (Å²) >= 11 is 7.63. The first-order valence-corrected chi connectivity index (χ1v) is 13.9. The molecule has 0 saturated heterocycles. The van der Waals surface area contributed by atoms with Crippen molar-refractivity contribution in [3.63, 3.8) is 0 Å². The van der Waals surface area contributed by atoms with Crippen LogP contribution in [0.1, 0.15) is 42.1 Å². The van der Waals surface area contributed by atoms with Crippen molar-refractivity contribution in [2.24, 2.45) is 0 Å². The van der Waals surface area contributed by atoms with Gasteiger partial charge in [0.05, 0.1) is 18.0 Å². The van der Waals surface area contributed by atoms with E-state index in [9.17, 15) is 14.0 Å². The van der Waals surface area contributed by atoms with Gasteiger partial charge >= 0.3 is 0 Å². The van der Waals surface area contributed by atoms with Crippen LogP contribution >= 0.6 is 23.4 Å². The van der Waals surface area contributed by atoms with Crippen molar-refractivity contribution < 1.29 is 14.0 Å². The lowest BCUT2D eigenvalue weighted by Gasteiger charge is -2.30. The second-order valence-electron chi connectivity index (χ2n) is 8.94. The summed E-state index contributed by atoms with van der Waals surface area (Å²) in [5, 5.41) is 3.27. The van der Waals surface area contributed by atoms with Crippen molar-refractivity contribution in [1.29, 1.82) is 0 Å². The van der Waals surface area contributed by atoms with Gasteiger partial charge in [-0.2, -0.15) is 0 Å². The Hall–Kier alpha value is -3.03. The molecule has 4 rings (SSSR count). The standard InChI is InChI=1S/C29H31ClFN3O2S/c1-2-3-16-33(22-9-5-4-6-10-22)17-8-15-32-29(36)21-13-14-27-26(18-21)34(28(35)20-37-27)19-23-24(30)11-7-12-25(23)31/h4-7,9-14,18H,2-3,8,15-17,19-20H2,1H3,(H,32,36). The predicted octanol–water partition coefficient (Wildman–Crippen LogP) is 6.54. The smallest absolute Gasteiger partial charge is 0.251 e. The number of thioether (sulfide) groups is 1. The summed E-state index contributed by atoms with van der Waals surface area (Å²) in [5.41, 5.74) is 2.51. The van der Waals surface area contributed by atoms with E-state index in [1.165, 1.54) is 34.5 Å². The molecular formula is C29H31ClFN3O2S. The molecule has 0 aliphatic carbocycles. The van der Waals surface area contributed by atoms with Gasteiger partial charge in [-0.3, -0.25) is 9.59 Å². The first kappa shape index (κ1) is 27.0. The number of para-hydroxylation sites is 1. The van der Waals surface area contributed by atoms with Gasteiger partial charge in [0.15, 0.2) is 0 Å². The van der Waals surface area contributed by atoms with Crippen LogP contribution in [0.15, 0.2) is 71.6 Å². The van der Waals surface area contributed by atoms with Crippen LogP contribution in [0.2, 0.25) is 5.02 Å². The van der Waals surface area contributed by atoms with E-state index in [0.29, 0.717) is 17.8 Å². The largest absolute Gasteiger partial charge is 0.371 e. The summed E-state index contributed by atoms with van der Waals surface area (Å²) in [6, 6.07) is 20.1. The third kappa shape index (κ3) is 6.84. The van der Waals surface area contributed by atoms with E-state index in [1.54, 1.807) is 18.2 Å². The summed E-state index contributed by atoms with van der Waals surface area (Å²) in [6.45, 7) is 4.55. The molecule has 2 amide bonds. The average Bonchev–Trinajstić information content (AvgIpc) is 2.91. The highest BCUT2D eigenvalue weighted by Crippen LogP contribution is 2.37. The number of anilines is 2. The van der Waals surface area contributed by atoms with Crippen LogP contribution in [0.25, 0.3) is 0 Å². The number of hydrogen-bond donors (Lipinski definition) is 1. The Morgan fingerprint density at radius 2 is 1.86 bits per heavy atom. The van der Waals surface area contributed by atoms with Gasteiger partial charge in [-0.15, -0.1) is 11.8 Å². The zero-order valence-electron chi connectivity index (χ0n) is 20.9. The molecule has 8 heteroatoms. The summed E-state index contributed by atoms with van der Waals surface area (Å²) in [5.74, 6) is -0.560. The van der Waals surface area contributed by atoms with Crippen LogP contribution in [0, 0.1) is 5.82 Å². The number of benzene rings is 3. The lowest BCUT2D eigenvalue weighted by atomic mass is 10.1. The first-order valence-electron chi connectivity index (χ1n) is 12.6.